The van der Waals surface area contributed by atoms with E-state index in [1.54, 1.807) is 7.05 Å². The second kappa shape index (κ2) is 6.06. The van der Waals surface area contributed by atoms with E-state index in [1.807, 2.05) is 30.3 Å². The van der Waals surface area contributed by atoms with Gasteiger partial charge in [0.1, 0.15) is 10.7 Å². The maximum Gasteiger partial charge on any atom is 0.248 e. The molecular weight excluding hydrogens is 276 g/mol. The Labute approximate surface area is 118 Å². The SMILES string of the molecule is CN(CCCc1ccccc1)S(=O)(=O)c1cn[nH]c1N. The minimum Gasteiger partial charge on any atom is -0.383 e. The number of benzene rings is 1. The minimum atomic E-state index is -3.57. The summed E-state index contributed by atoms with van der Waals surface area (Å²) >= 11 is 0. The van der Waals surface area contributed by atoms with Crippen LogP contribution in [-0.4, -0.2) is 36.5 Å². The summed E-state index contributed by atoms with van der Waals surface area (Å²) in [6.45, 7) is 0.432. The monoisotopic (exact) mass is 294 g/mol. The Morgan fingerprint density at radius 3 is 2.60 bits per heavy atom. The zero-order chi connectivity index (χ0) is 14.6. The van der Waals surface area contributed by atoms with Crippen LogP contribution in [0.4, 0.5) is 5.82 Å². The predicted octanol–water partition coefficient (Wildman–Crippen LogP) is 1.25. The molecule has 0 bridgehead atoms. The smallest absolute Gasteiger partial charge is 0.248 e. The van der Waals surface area contributed by atoms with Gasteiger partial charge in [0, 0.05) is 13.6 Å². The van der Waals surface area contributed by atoms with Crippen LogP contribution < -0.4 is 5.73 Å². The van der Waals surface area contributed by atoms with Crippen molar-refractivity contribution in [2.75, 3.05) is 19.3 Å². The molecule has 2 rings (SSSR count). The summed E-state index contributed by atoms with van der Waals surface area (Å²) in [5, 5.41) is 6.08. The van der Waals surface area contributed by atoms with Crippen LogP contribution in [0.15, 0.2) is 41.4 Å². The first-order valence-corrected chi connectivity index (χ1v) is 7.75. The number of hydrogen-bond acceptors (Lipinski definition) is 4. The van der Waals surface area contributed by atoms with E-state index in [-0.39, 0.29) is 10.7 Å². The third-order valence-electron chi connectivity index (χ3n) is 3.10. The van der Waals surface area contributed by atoms with Gasteiger partial charge in [0.25, 0.3) is 0 Å². The third-order valence-corrected chi connectivity index (χ3v) is 4.99. The summed E-state index contributed by atoms with van der Waals surface area (Å²) < 4.78 is 25.8. The van der Waals surface area contributed by atoms with Crippen molar-refractivity contribution in [3.8, 4) is 0 Å². The van der Waals surface area contributed by atoms with E-state index in [1.165, 1.54) is 16.1 Å². The average Bonchev–Trinajstić information content (AvgIpc) is 2.87. The van der Waals surface area contributed by atoms with Crippen molar-refractivity contribution < 1.29 is 8.42 Å². The predicted molar refractivity (Wildman–Crippen MR) is 77.6 cm³/mol. The molecule has 0 unspecified atom stereocenters. The number of rotatable bonds is 6. The molecule has 3 N–H and O–H groups in total. The third kappa shape index (κ3) is 3.17. The van der Waals surface area contributed by atoms with Gasteiger partial charge < -0.3 is 5.73 Å². The zero-order valence-electron chi connectivity index (χ0n) is 11.3. The first-order valence-electron chi connectivity index (χ1n) is 6.31. The van der Waals surface area contributed by atoms with E-state index in [0.717, 1.165) is 12.8 Å². The van der Waals surface area contributed by atoms with E-state index >= 15 is 0 Å². The highest BCUT2D eigenvalue weighted by molar-refractivity contribution is 7.89. The van der Waals surface area contributed by atoms with Gasteiger partial charge in [-0.1, -0.05) is 30.3 Å². The Bertz CT molecular complexity index is 652. The molecule has 20 heavy (non-hydrogen) atoms. The van der Waals surface area contributed by atoms with Crippen molar-refractivity contribution in [1.29, 1.82) is 0 Å². The molecule has 108 valence electrons. The van der Waals surface area contributed by atoms with E-state index < -0.39 is 10.0 Å². The first-order chi connectivity index (χ1) is 9.51. The summed E-state index contributed by atoms with van der Waals surface area (Å²) in [5.74, 6) is 0.0694. The van der Waals surface area contributed by atoms with Gasteiger partial charge in [-0.2, -0.15) is 5.10 Å². The molecule has 0 aliphatic carbocycles. The van der Waals surface area contributed by atoms with E-state index in [0.29, 0.717) is 6.54 Å². The fraction of sp³-hybridized carbons (Fsp3) is 0.308. The maximum absolute atomic E-state index is 12.2. The quantitative estimate of drug-likeness (QED) is 0.838. The van der Waals surface area contributed by atoms with Gasteiger partial charge in [-0.25, -0.2) is 12.7 Å². The summed E-state index contributed by atoms with van der Waals surface area (Å²) in [6, 6.07) is 9.97. The molecule has 0 aliphatic heterocycles. The van der Waals surface area contributed by atoms with Crippen LogP contribution in [0.5, 0.6) is 0 Å². The molecule has 0 aliphatic rings. The summed E-state index contributed by atoms with van der Waals surface area (Å²) in [5.41, 5.74) is 6.76. The standard InChI is InChI=1S/C13H18N4O2S/c1-17(9-5-8-11-6-3-2-4-7-11)20(18,19)12-10-15-16-13(12)14/h2-4,6-7,10H,5,8-9H2,1H3,(H3,14,15,16). The van der Waals surface area contributed by atoms with Crippen molar-refractivity contribution in [2.45, 2.75) is 17.7 Å². The van der Waals surface area contributed by atoms with E-state index in [9.17, 15) is 8.42 Å². The van der Waals surface area contributed by atoms with Crippen molar-refractivity contribution in [1.82, 2.24) is 14.5 Å². The maximum atomic E-state index is 12.2. The molecular formula is C13H18N4O2S. The molecule has 0 saturated carbocycles. The number of anilines is 1. The molecule has 1 aromatic carbocycles. The van der Waals surface area contributed by atoms with Crippen LogP contribution in [0.2, 0.25) is 0 Å². The fourth-order valence-corrected chi connectivity index (χ4v) is 3.14. The molecule has 7 heteroatoms. The van der Waals surface area contributed by atoms with Crippen LogP contribution in [0.25, 0.3) is 0 Å². The summed E-state index contributed by atoms with van der Waals surface area (Å²) in [7, 11) is -2.02. The van der Waals surface area contributed by atoms with Crippen LogP contribution in [0.1, 0.15) is 12.0 Å². The topological polar surface area (TPSA) is 92.1 Å². The molecule has 6 nitrogen and oxygen atoms in total. The molecule has 0 radical (unpaired) electrons. The van der Waals surface area contributed by atoms with E-state index in [2.05, 4.69) is 10.2 Å². The number of aromatic nitrogens is 2. The highest BCUT2D eigenvalue weighted by atomic mass is 32.2. The second-order valence-electron chi connectivity index (χ2n) is 4.56. The Balaban J connectivity index is 1.95. The molecule has 2 aromatic rings. The first kappa shape index (κ1) is 14.5. The Hall–Kier alpha value is -1.86. The minimum absolute atomic E-state index is 0.0275. The van der Waals surface area contributed by atoms with Crippen LogP contribution >= 0.6 is 0 Å². The Kier molecular flexibility index (Phi) is 4.41. The summed E-state index contributed by atoms with van der Waals surface area (Å²) in [4.78, 5) is 0.0275. The van der Waals surface area contributed by atoms with Crippen LogP contribution in [-0.2, 0) is 16.4 Å². The number of nitrogens with two attached hydrogens (primary N) is 1. The number of nitrogens with zero attached hydrogens (tertiary/aromatic N) is 2. The van der Waals surface area contributed by atoms with Crippen LogP contribution in [0.3, 0.4) is 0 Å². The largest absolute Gasteiger partial charge is 0.383 e. The second-order valence-corrected chi connectivity index (χ2v) is 6.58. The average molecular weight is 294 g/mol. The lowest BCUT2D eigenvalue weighted by atomic mass is 10.1. The molecule has 0 fully saturated rings. The molecule has 0 spiro atoms. The Morgan fingerprint density at radius 1 is 1.30 bits per heavy atom. The molecule has 1 heterocycles. The highest BCUT2D eigenvalue weighted by Gasteiger charge is 2.24. The van der Waals surface area contributed by atoms with Crippen molar-refractivity contribution in [2.24, 2.45) is 0 Å². The lowest BCUT2D eigenvalue weighted by Crippen LogP contribution is -2.28. The van der Waals surface area contributed by atoms with Crippen molar-refractivity contribution >= 4 is 15.8 Å². The number of H-pyrrole nitrogens is 1. The Morgan fingerprint density at radius 2 is 2.00 bits per heavy atom. The number of nitrogens with one attached hydrogen (secondary N) is 1. The molecule has 0 amide bonds. The van der Waals surface area contributed by atoms with Crippen molar-refractivity contribution in [3.05, 3.63) is 42.1 Å². The molecule has 1 aromatic heterocycles. The number of sulfonamides is 1. The van der Waals surface area contributed by atoms with Gasteiger partial charge in [0.2, 0.25) is 10.0 Å². The van der Waals surface area contributed by atoms with Gasteiger partial charge >= 0.3 is 0 Å². The van der Waals surface area contributed by atoms with Gasteiger partial charge in [-0.05, 0) is 18.4 Å². The lowest BCUT2D eigenvalue weighted by Gasteiger charge is -2.16. The zero-order valence-corrected chi connectivity index (χ0v) is 12.1. The van der Waals surface area contributed by atoms with Gasteiger partial charge in [0.05, 0.1) is 6.20 Å². The normalized spacial score (nSPS) is 11.9. The van der Waals surface area contributed by atoms with Gasteiger partial charge in [-0.3, -0.25) is 5.10 Å². The summed E-state index contributed by atoms with van der Waals surface area (Å²) in [6.07, 6.45) is 2.82. The van der Waals surface area contributed by atoms with Gasteiger partial charge in [0.15, 0.2) is 0 Å². The fourth-order valence-electron chi connectivity index (χ4n) is 1.93. The number of hydrogen-bond donors (Lipinski definition) is 2. The van der Waals surface area contributed by atoms with Gasteiger partial charge in [-0.15, -0.1) is 0 Å². The highest BCUT2D eigenvalue weighted by Crippen LogP contribution is 2.18. The molecule has 0 atom stereocenters. The van der Waals surface area contributed by atoms with Crippen LogP contribution in [0, 0.1) is 0 Å². The number of aryl methyl sites for hydroxylation is 1. The van der Waals surface area contributed by atoms with E-state index in [4.69, 9.17) is 5.73 Å². The lowest BCUT2D eigenvalue weighted by molar-refractivity contribution is 0.461. The number of aromatic amines is 1. The number of nitrogen functional groups attached to an aromatic ring is 1. The molecule has 0 saturated heterocycles. The van der Waals surface area contributed by atoms with Crippen molar-refractivity contribution in [3.63, 3.8) is 0 Å².